The number of nitrogens with one attached hydrogen (secondary N) is 2. The third kappa shape index (κ3) is 4.66. The van der Waals surface area contributed by atoms with Gasteiger partial charge in [-0.25, -0.2) is 17.6 Å². The molecule has 0 radical (unpaired) electrons. The fraction of sp³-hybridized carbons (Fsp3) is 0.280. The number of piperidine rings is 1. The SMILES string of the molecule is COc1ccc(S(=O)(=O)Nc2ccc3n(c2=O)C[C@H]2C[C@@H]3CN(C(=O)Nc3ccc(F)cc3)C2)cc1. The maximum atomic E-state index is 13.2. The monoisotopic (exact) mass is 512 g/mol. The van der Waals surface area contributed by atoms with Crippen LogP contribution >= 0.6 is 0 Å². The summed E-state index contributed by atoms with van der Waals surface area (Å²) in [5, 5.41) is 2.79. The van der Waals surface area contributed by atoms with Gasteiger partial charge in [-0.15, -0.1) is 0 Å². The summed E-state index contributed by atoms with van der Waals surface area (Å²) in [4.78, 5) is 27.8. The molecule has 188 valence electrons. The summed E-state index contributed by atoms with van der Waals surface area (Å²) in [6.45, 7) is 1.25. The van der Waals surface area contributed by atoms with Crippen molar-refractivity contribution in [2.75, 3.05) is 30.2 Å². The Labute approximate surface area is 207 Å². The van der Waals surface area contributed by atoms with E-state index in [4.69, 9.17) is 4.74 Å². The highest BCUT2D eigenvalue weighted by atomic mass is 32.2. The minimum Gasteiger partial charge on any atom is -0.497 e. The third-order valence-corrected chi connectivity index (χ3v) is 7.98. The maximum Gasteiger partial charge on any atom is 0.321 e. The second-order valence-electron chi connectivity index (χ2n) is 9.01. The normalized spacial score (nSPS) is 18.8. The molecule has 3 aromatic rings. The Morgan fingerprint density at radius 2 is 1.72 bits per heavy atom. The fourth-order valence-corrected chi connectivity index (χ4v) is 5.94. The molecule has 5 rings (SSSR count). The number of carbonyl (C=O) groups is 1. The number of fused-ring (bicyclic) bond motifs is 4. The summed E-state index contributed by atoms with van der Waals surface area (Å²) in [7, 11) is -2.47. The van der Waals surface area contributed by atoms with Crippen LogP contribution in [0.2, 0.25) is 0 Å². The number of anilines is 2. The highest BCUT2D eigenvalue weighted by Crippen LogP contribution is 2.36. The Balaban J connectivity index is 1.34. The Hall–Kier alpha value is -3.86. The van der Waals surface area contributed by atoms with E-state index in [2.05, 4.69) is 10.0 Å². The number of hydrogen-bond acceptors (Lipinski definition) is 5. The zero-order valence-electron chi connectivity index (χ0n) is 19.5. The van der Waals surface area contributed by atoms with E-state index in [1.54, 1.807) is 15.5 Å². The van der Waals surface area contributed by atoms with Crippen LogP contribution in [-0.2, 0) is 16.6 Å². The average Bonchev–Trinajstić information content (AvgIpc) is 2.87. The predicted molar refractivity (Wildman–Crippen MR) is 132 cm³/mol. The number of ether oxygens (including phenoxy) is 1. The number of benzene rings is 2. The summed E-state index contributed by atoms with van der Waals surface area (Å²) >= 11 is 0. The molecule has 0 spiro atoms. The van der Waals surface area contributed by atoms with Crippen LogP contribution in [0.5, 0.6) is 5.75 Å². The number of pyridine rings is 1. The lowest BCUT2D eigenvalue weighted by Crippen LogP contribution is -2.50. The molecule has 0 aliphatic carbocycles. The number of halogens is 1. The van der Waals surface area contributed by atoms with Crippen LogP contribution < -0.4 is 20.3 Å². The first-order valence-electron chi connectivity index (χ1n) is 11.5. The van der Waals surface area contributed by atoms with Gasteiger partial charge in [0.2, 0.25) is 0 Å². The Bertz CT molecular complexity index is 1460. The van der Waals surface area contributed by atoms with Crippen LogP contribution in [0, 0.1) is 11.7 Å². The van der Waals surface area contributed by atoms with E-state index in [9.17, 15) is 22.4 Å². The number of urea groups is 1. The van der Waals surface area contributed by atoms with Crippen LogP contribution in [0.3, 0.4) is 0 Å². The first kappa shape index (κ1) is 23.9. The molecule has 1 aromatic heterocycles. The van der Waals surface area contributed by atoms with Crippen LogP contribution in [0.1, 0.15) is 18.0 Å². The molecular weight excluding hydrogens is 487 g/mol. The molecule has 3 heterocycles. The molecule has 0 saturated carbocycles. The van der Waals surface area contributed by atoms with Gasteiger partial charge < -0.3 is 19.5 Å². The fourth-order valence-electron chi connectivity index (χ4n) is 4.88. The van der Waals surface area contributed by atoms with Gasteiger partial charge in [0.05, 0.1) is 12.0 Å². The number of rotatable bonds is 5. The van der Waals surface area contributed by atoms with Crippen LogP contribution in [0.15, 0.2) is 70.4 Å². The second kappa shape index (κ2) is 9.30. The number of amides is 2. The predicted octanol–water partition coefficient (Wildman–Crippen LogP) is 3.45. The van der Waals surface area contributed by atoms with E-state index < -0.39 is 15.6 Å². The van der Waals surface area contributed by atoms with Crippen LogP contribution in [-0.4, -0.2) is 44.1 Å². The summed E-state index contributed by atoms with van der Waals surface area (Å²) in [6, 6.07) is 14.4. The molecule has 0 unspecified atom stereocenters. The first-order valence-corrected chi connectivity index (χ1v) is 12.9. The zero-order chi connectivity index (χ0) is 25.4. The Morgan fingerprint density at radius 3 is 2.42 bits per heavy atom. The molecule has 2 aliphatic heterocycles. The van der Waals surface area contributed by atoms with Gasteiger partial charge in [-0.2, -0.15) is 0 Å². The number of aromatic nitrogens is 1. The van der Waals surface area contributed by atoms with Gasteiger partial charge >= 0.3 is 6.03 Å². The lowest BCUT2D eigenvalue weighted by Gasteiger charge is -2.42. The quantitative estimate of drug-likeness (QED) is 0.544. The van der Waals surface area contributed by atoms with Gasteiger partial charge in [0.15, 0.2) is 0 Å². The van der Waals surface area contributed by atoms with Gasteiger partial charge in [-0.1, -0.05) is 0 Å². The molecule has 9 nitrogen and oxygen atoms in total. The van der Waals surface area contributed by atoms with E-state index >= 15 is 0 Å². The minimum absolute atomic E-state index is 0.0186. The number of likely N-dealkylation sites (tertiary alicyclic amines) is 1. The molecule has 2 aliphatic rings. The molecule has 36 heavy (non-hydrogen) atoms. The van der Waals surface area contributed by atoms with Crippen molar-refractivity contribution in [2.45, 2.75) is 23.8 Å². The average molecular weight is 513 g/mol. The highest BCUT2D eigenvalue weighted by Gasteiger charge is 2.37. The molecular formula is C25H25FN4O5S. The van der Waals surface area contributed by atoms with Crippen molar-refractivity contribution in [3.63, 3.8) is 0 Å². The van der Waals surface area contributed by atoms with Crippen molar-refractivity contribution in [2.24, 2.45) is 5.92 Å². The lowest BCUT2D eigenvalue weighted by atomic mass is 9.83. The van der Waals surface area contributed by atoms with Crippen molar-refractivity contribution < 1.29 is 22.3 Å². The molecule has 11 heteroatoms. The molecule has 1 fully saturated rings. The molecule has 2 aromatic carbocycles. The minimum atomic E-state index is -3.96. The van der Waals surface area contributed by atoms with Gasteiger partial charge in [-0.05, 0) is 73.0 Å². The lowest BCUT2D eigenvalue weighted by molar-refractivity contribution is 0.139. The van der Waals surface area contributed by atoms with Crippen molar-refractivity contribution in [1.82, 2.24) is 9.47 Å². The number of carbonyl (C=O) groups excluding carboxylic acids is 1. The van der Waals surface area contributed by atoms with Crippen molar-refractivity contribution in [3.8, 4) is 5.75 Å². The van der Waals surface area contributed by atoms with E-state index in [1.165, 1.54) is 61.7 Å². The first-order chi connectivity index (χ1) is 17.2. The van der Waals surface area contributed by atoms with Gasteiger partial charge in [0.1, 0.15) is 17.3 Å². The van der Waals surface area contributed by atoms with Gasteiger partial charge in [0.25, 0.3) is 15.6 Å². The number of nitrogens with zero attached hydrogens (tertiary/aromatic N) is 2. The molecule has 2 amide bonds. The topological polar surface area (TPSA) is 110 Å². The maximum absolute atomic E-state index is 13.2. The Morgan fingerprint density at radius 1 is 1.00 bits per heavy atom. The number of methoxy groups -OCH3 is 1. The largest absolute Gasteiger partial charge is 0.497 e. The van der Waals surface area contributed by atoms with Crippen molar-refractivity contribution in [1.29, 1.82) is 0 Å². The summed E-state index contributed by atoms with van der Waals surface area (Å²) < 4.78 is 47.9. The molecule has 2 N–H and O–H groups in total. The summed E-state index contributed by atoms with van der Waals surface area (Å²) in [5.74, 6) is 0.126. The summed E-state index contributed by atoms with van der Waals surface area (Å²) in [6.07, 6.45) is 0.830. The van der Waals surface area contributed by atoms with Crippen molar-refractivity contribution in [3.05, 3.63) is 82.5 Å². The van der Waals surface area contributed by atoms with Gasteiger partial charge in [-0.3, -0.25) is 9.52 Å². The van der Waals surface area contributed by atoms with Crippen LogP contribution in [0.25, 0.3) is 0 Å². The van der Waals surface area contributed by atoms with E-state index in [-0.39, 0.29) is 34.3 Å². The Kier molecular flexibility index (Phi) is 6.17. The third-order valence-electron chi connectivity index (χ3n) is 6.60. The number of sulfonamides is 1. The second-order valence-corrected chi connectivity index (χ2v) is 10.7. The molecule has 2 atom stereocenters. The molecule has 2 bridgehead atoms. The number of hydrogen-bond donors (Lipinski definition) is 2. The highest BCUT2D eigenvalue weighted by molar-refractivity contribution is 7.92. The van der Waals surface area contributed by atoms with E-state index in [0.29, 0.717) is 31.1 Å². The van der Waals surface area contributed by atoms with E-state index in [0.717, 1.165) is 12.1 Å². The van der Waals surface area contributed by atoms with Crippen molar-refractivity contribution >= 4 is 27.4 Å². The zero-order valence-corrected chi connectivity index (χ0v) is 20.3. The van der Waals surface area contributed by atoms with Crippen LogP contribution in [0.4, 0.5) is 20.6 Å². The van der Waals surface area contributed by atoms with Gasteiger partial charge in [0, 0.05) is 36.9 Å². The van der Waals surface area contributed by atoms with E-state index in [1.807, 2.05) is 0 Å². The summed E-state index contributed by atoms with van der Waals surface area (Å²) in [5.41, 5.74) is 0.828. The standard InChI is InChI=1S/C25H25FN4O5S/c1-35-20-6-8-21(9-7-20)36(33,34)28-22-10-11-23-17-12-16(14-30(23)24(22)31)13-29(15-17)25(32)27-19-4-2-18(26)3-5-19/h2-11,16-17,28H,12-15H2,1H3,(H,27,32)/t16-,17+/m0/s1. The smallest absolute Gasteiger partial charge is 0.321 e. The molecule has 1 saturated heterocycles.